The molecule has 0 fully saturated rings. The number of amidine groups is 1. The van der Waals surface area contributed by atoms with Crippen molar-refractivity contribution in [1.29, 1.82) is 0 Å². The van der Waals surface area contributed by atoms with Crippen molar-refractivity contribution in [2.75, 3.05) is 13.1 Å². The van der Waals surface area contributed by atoms with E-state index in [0.29, 0.717) is 0 Å². The van der Waals surface area contributed by atoms with Crippen LogP contribution in [0.1, 0.15) is 6.92 Å². The zero-order valence-electron chi connectivity index (χ0n) is 8.66. The standard InChI is InChI=1S/C7H13N5O3S/c1-2-12(4-6(8)11-13)16(14,15)7-3-9-5-10-7/h3,5,13H,2,4H2,1H3,(H2,8,11)(H,9,10). The number of aromatic amines is 1. The van der Waals surface area contributed by atoms with E-state index in [0.717, 1.165) is 4.31 Å². The lowest BCUT2D eigenvalue weighted by molar-refractivity contribution is 0.315. The van der Waals surface area contributed by atoms with Gasteiger partial charge in [-0.25, -0.2) is 13.4 Å². The van der Waals surface area contributed by atoms with Crippen LogP contribution in [-0.2, 0) is 10.0 Å². The van der Waals surface area contributed by atoms with Crippen LogP contribution in [-0.4, -0.2) is 46.8 Å². The van der Waals surface area contributed by atoms with Crippen LogP contribution in [0.25, 0.3) is 0 Å². The van der Waals surface area contributed by atoms with Gasteiger partial charge in [-0.2, -0.15) is 4.31 Å². The molecule has 4 N–H and O–H groups in total. The van der Waals surface area contributed by atoms with Gasteiger partial charge in [0.2, 0.25) is 0 Å². The average Bonchev–Trinajstić information content (AvgIpc) is 2.78. The van der Waals surface area contributed by atoms with Gasteiger partial charge in [0.15, 0.2) is 10.9 Å². The van der Waals surface area contributed by atoms with Crippen LogP contribution >= 0.6 is 0 Å². The van der Waals surface area contributed by atoms with Crippen molar-refractivity contribution >= 4 is 15.9 Å². The zero-order valence-corrected chi connectivity index (χ0v) is 9.48. The molecule has 8 nitrogen and oxygen atoms in total. The zero-order chi connectivity index (χ0) is 12.2. The van der Waals surface area contributed by atoms with E-state index >= 15 is 0 Å². The summed E-state index contributed by atoms with van der Waals surface area (Å²) in [5, 5.41) is 11.1. The predicted molar refractivity (Wildman–Crippen MR) is 56.4 cm³/mol. The number of likely N-dealkylation sites (N-methyl/N-ethyl adjacent to an activating group) is 1. The second kappa shape index (κ2) is 4.94. The molecule has 1 aromatic heterocycles. The van der Waals surface area contributed by atoms with E-state index in [-0.39, 0.29) is 24.0 Å². The number of aromatic nitrogens is 2. The number of H-pyrrole nitrogens is 1. The molecule has 0 spiro atoms. The molecule has 1 aromatic rings. The molecule has 0 radical (unpaired) electrons. The van der Waals surface area contributed by atoms with E-state index in [4.69, 9.17) is 10.9 Å². The summed E-state index contributed by atoms with van der Waals surface area (Å²) in [6.07, 6.45) is 2.47. The molecule has 0 saturated carbocycles. The van der Waals surface area contributed by atoms with Gasteiger partial charge in [-0.05, 0) is 0 Å². The van der Waals surface area contributed by atoms with E-state index in [1.165, 1.54) is 12.5 Å². The number of nitrogens with zero attached hydrogens (tertiary/aromatic N) is 3. The number of hydrogen-bond donors (Lipinski definition) is 3. The first-order chi connectivity index (χ1) is 7.52. The third kappa shape index (κ3) is 2.49. The molecular formula is C7H13N5O3S. The fourth-order valence-electron chi connectivity index (χ4n) is 1.10. The van der Waals surface area contributed by atoms with Crippen LogP contribution in [0.2, 0.25) is 0 Å². The summed E-state index contributed by atoms with van der Waals surface area (Å²) in [6.45, 7) is 1.69. The van der Waals surface area contributed by atoms with Gasteiger partial charge in [-0.3, -0.25) is 0 Å². The highest BCUT2D eigenvalue weighted by Crippen LogP contribution is 2.10. The normalized spacial score (nSPS) is 13.2. The molecule has 1 rings (SSSR count). The number of sulfonamides is 1. The summed E-state index contributed by atoms with van der Waals surface area (Å²) in [6, 6.07) is 0. The first kappa shape index (κ1) is 12.5. The molecule has 0 atom stereocenters. The van der Waals surface area contributed by atoms with Crippen molar-refractivity contribution in [1.82, 2.24) is 14.3 Å². The van der Waals surface area contributed by atoms with Crippen molar-refractivity contribution in [2.24, 2.45) is 10.9 Å². The Bertz CT molecular complexity index is 452. The minimum absolute atomic E-state index is 0.0277. The third-order valence-electron chi connectivity index (χ3n) is 1.91. The number of imidazole rings is 1. The summed E-state index contributed by atoms with van der Waals surface area (Å²) in [5.74, 6) is -0.176. The lowest BCUT2D eigenvalue weighted by Gasteiger charge is -2.18. The van der Waals surface area contributed by atoms with Crippen LogP contribution in [0.5, 0.6) is 0 Å². The monoisotopic (exact) mass is 247 g/mol. The van der Waals surface area contributed by atoms with Crippen molar-refractivity contribution in [3.63, 3.8) is 0 Å². The fraction of sp³-hybridized carbons (Fsp3) is 0.429. The summed E-state index contributed by atoms with van der Waals surface area (Å²) in [7, 11) is -3.67. The molecule has 0 amide bonds. The quantitative estimate of drug-likeness (QED) is 0.271. The van der Waals surface area contributed by atoms with Crippen LogP contribution < -0.4 is 5.73 Å². The lowest BCUT2D eigenvalue weighted by atomic mass is 10.6. The highest BCUT2D eigenvalue weighted by molar-refractivity contribution is 7.89. The molecule has 1 heterocycles. The number of oxime groups is 1. The van der Waals surface area contributed by atoms with Gasteiger partial charge in [0.1, 0.15) is 0 Å². The molecule has 0 bridgehead atoms. The maximum atomic E-state index is 11.9. The predicted octanol–water partition coefficient (Wildman–Crippen LogP) is -0.833. The molecule has 16 heavy (non-hydrogen) atoms. The highest BCUT2D eigenvalue weighted by atomic mass is 32.2. The molecule has 0 aliphatic carbocycles. The second-order valence-corrected chi connectivity index (χ2v) is 4.84. The fourth-order valence-corrected chi connectivity index (χ4v) is 2.42. The molecule has 0 aliphatic rings. The maximum absolute atomic E-state index is 11.9. The van der Waals surface area contributed by atoms with Gasteiger partial charge in [0.25, 0.3) is 10.0 Å². The number of nitrogens with one attached hydrogen (secondary N) is 1. The molecular weight excluding hydrogens is 234 g/mol. The Morgan fingerprint density at radius 1 is 1.75 bits per heavy atom. The minimum Gasteiger partial charge on any atom is -0.409 e. The van der Waals surface area contributed by atoms with Crippen molar-refractivity contribution < 1.29 is 13.6 Å². The Kier molecular flexibility index (Phi) is 3.85. The van der Waals surface area contributed by atoms with Crippen LogP contribution in [0, 0.1) is 0 Å². The molecule has 90 valence electrons. The average molecular weight is 247 g/mol. The van der Waals surface area contributed by atoms with E-state index in [2.05, 4.69) is 15.1 Å². The molecule has 0 unspecified atom stereocenters. The highest BCUT2D eigenvalue weighted by Gasteiger charge is 2.25. The Labute approximate surface area is 92.8 Å². The maximum Gasteiger partial charge on any atom is 0.260 e. The van der Waals surface area contributed by atoms with E-state index in [1.54, 1.807) is 6.92 Å². The van der Waals surface area contributed by atoms with Crippen LogP contribution in [0.15, 0.2) is 22.7 Å². The van der Waals surface area contributed by atoms with Crippen molar-refractivity contribution in [2.45, 2.75) is 11.9 Å². The number of hydrogen-bond acceptors (Lipinski definition) is 5. The van der Waals surface area contributed by atoms with E-state index in [1.807, 2.05) is 0 Å². The molecule has 9 heteroatoms. The third-order valence-corrected chi connectivity index (χ3v) is 3.76. The SMILES string of the molecule is CCN(CC(N)=NO)S(=O)(=O)c1cnc[nH]1. The largest absolute Gasteiger partial charge is 0.409 e. The summed E-state index contributed by atoms with van der Waals surface area (Å²) < 4.78 is 24.9. The van der Waals surface area contributed by atoms with Gasteiger partial charge in [-0.15, -0.1) is 0 Å². The molecule has 0 saturated heterocycles. The summed E-state index contributed by atoms with van der Waals surface area (Å²) in [5.41, 5.74) is 5.27. The second-order valence-electron chi connectivity index (χ2n) is 2.94. The number of rotatable bonds is 5. The summed E-state index contributed by atoms with van der Waals surface area (Å²) >= 11 is 0. The van der Waals surface area contributed by atoms with Gasteiger partial charge in [0, 0.05) is 6.54 Å². The smallest absolute Gasteiger partial charge is 0.260 e. The Morgan fingerprint density at radius 2 is 2.44 bits per heavy atom. The van der Waals surface area contributed by atoms with E-state index in [9.17, 15) is 8.42 Å². The van der Waals surface area contributed by atoms with Gasteiger partial charge < -0.3 is 15.9 Å². The van der Waals surface area contributed by atoms with Gasteiger partial charge in [0.05, 0.1) is 19.1 Å². The van der Waals surface area contributed by atoms with Crippen LogP contribution in [0.3, 0.4) is 0 Å². The van der Waals surface area contributed by atoms with E-state index < -0.39 is 10.0 Å². The lowest BCUT2D eigenvalue weighted by Crippen LogP contribution is -2.38. The van der Waals surface area contributed by atoms with Gasteiger partial charge >= 0.3 is 0 Å². The summed E-state index contributed by atoms with van der Waals surface area (Å²) in [4.78, 5) is 6.13. The first-order valence-electron chi connectivity index (χ1n) is 4.47. The first-order valence-corrected chi connectivity index (χ1v) is 5.91. The topological polar surface area (TPSA) is 125 Å². The number of nitrogens with two attached hydrogens (primary N) is 1. The van der Waals surface area contributed by atoms with Gasteiger partial charge in [-0.1, -0.05) is 12.1 Å². The molecule has 0 aliphatic heterocycles. The minimum atomic E-state index is -3.67. The Balaban J connectivity index is 2.97. The van der Waals surface area contributed by atoms with Crippen molar-refractivity contribution in [3.8, 4) is 0 Å². The Morgan fingerprint density at radius 3 is 2.88 bits per heavy atom. The Hall–Kier alpha value is -1.61. The molecule has 0 aromatic carbocycles. The van der Waals surface area contributed by atoms with Crippen molar-refractivity contribution in [3.05, 3.63) is 12.5 Å². The van der Waals surface area contributed by atoms with Crippen LogP contribution in [0.4, 0.5) is 0 Å².